The van der Waals surface area contributed by atoms with Crippen molar-refractivity contribution in [1.29, 1.82) is 0 Å². The van der Waals surface area contributed by atoms with Crippen LogP contribution in [0.15, 0.2) is 24.3 Å². The fraction of sp³-hybridized carbons (Fsp3) is 0.500. The highest BCUT2D eigenvalue weighted by molar-refractivity contribution is 6.30. The van der Waals surface area contributed by atoms with Crippen molar-refractivity contribution < 1.29 is 4.79 Å². The third-order valence-electron chi connectivity index (χ3n) is 3.35. The maximum atomic E-state index is 11.9. The largest absolute Gasteiger partial charge is 0.326 e. The second-order valence-electron chi connectivity index (χ2n) is 4.85. The highest BCUT2D eigenvalue weighted by Gasteiger charge is 2.20. The van der Waals surface area contributed by atoms with E-state index in [1.54, 1.807) is 12.1 Å². The first-order valence-electron chi connectivity index (χ1n) is 6.44. The molecular weight excluding hydrogens is 248 g/mol. The van der Waals surface area contributed by atoms with E-state index in [2.05, 4.69) is 17.1 Å². The van der Waals surface area contributed by atoms with Gasteiger partial charge in [-0.2, -0.15) is 0 Å². The lowest BCUT2D eigenvalue weighted by Gasteiger charge is -2.23. The maximum absolute atomic E-state index is 11.9. The topological polar surface area (TPSA) is 32.3 Å². The van der Waals surface area contributed by atoms with Crippen LogP contribution in [-0.4, -0.2) is 29.9 Å². The average molecular weight is 267 g/mol. The van der Waals surface area contributed by atoms with Gasteiger partial charge < -0.3 is 10.2 Å². The van der Waals surface area contributed by atoms with E-state index >= 15 is 0 Å². The monoisotopic (exact) mass is 266 g/mol. The summed E-state index contributed by atoms with van der Waals surface area (Å²) < 4.78 is 0. The van der Waals surface area contributed by atoms with Gasteiger partial charge in [-0.25, -0.2) is 0 Å². The van der Waals surface area contributed by atoms with E-state index in [9.17, 15) is 4.79 Å². The molecule has 1 aliphatic rings. The second-order valence-corrected chi connectivity index (χ2v) is 5.29. The van der Waals surface area contributed by atoms with Crippen LogP contribution in [0.3, 0.4) is 0 Å². The summed E-state index contributed by atoms with van der Waals surface area (Å²) in [6.07, 6.45) is 3.03. The molecule has 0 unspecified atom stereocenters. The van der Waals surface area contributed by atoms with Crippen LogP contribution in [0.1, 0.15) is 26.2 Å². The van der Waals surface area contributed by atoms with Crippen molar-refractivity contribution >= 4 is 23.2 Å². The number of benzene rings is 1. The van der Waals surface area contributed by atoms with Crippen LogP contribution in [0.25, 0.3) is 0 Å². The van der Waals surface area contributed by atoms with Gasteiger partial charge in [0.05, 0.1) is 0 Å². The number of hydrogen-bond acceptors (Lipinski definition) is 2. The number of nitrogens with zero attached hydrogens (tertiary/aromatic N) is 1. The Balaban J connectivity index is 1.84. The van der Waals surface area contributed by atoms with E-state index in [4.69, 9.17) is 11.6 Å². The van der Waals surface area contributed by atoms with Crippen LogP contribution in [0, 0.1) is 0 Å². The average Bonchev–Trinajstić information content (AvgIpc) is 2.81. The molecule has 0 bridgehead atoms. The van der Waals surface area contributed by atoms with E-state index in [-0.39, 0.29) is 5.91 Å². The number of nitrogens with one attached hydrogen (secondary N) is 1. The van der Waals surface area contributed by atoms with Gasteiger partial charge in [0.25, 0.3) is 0 Å². The Kier molecular flexibility index (Phi) is 4.61. The number of anilines is 1. The molecule has 0 aliphatic carbocycles. The molecule has 18 heavy (non-hydrogen) atoms. The molecule has 1 amide bonds. The molecule has 0 radical (unpaired) electrons. The summed E-state index contributed by atoms with van der Waals surface area (Å²) in [4.78, 5) is 14.3. The van der Waals surface area contributed by atoms with Crippen molar-refractivity contribution in [3.8, 4) is 0 Å². The summed E-state index contributed by atoms with van der Waals surface area (Å²) in [7, 11) is 0. The van der Waals surface area contributed by atoms with Crippen molar-refractivity contribution in [3.63, 3.8) is 0 Å². The molecule has 0 aromatic heterocycles. The van der Waals surface area contributed by atoms with Gasteiger partial charge in [0.2, 0.25) is 5.91 Å². The minimum atomic E-state index is 0.0525. The fourth-order valence-corrected chi connectivity index (χ4v) is 2.55. The van der Waals surface area contributed by atoms with Crippen molar-refractivity contribution in [2.75, 3.05) is 18.4 Å². The zero-order valence-electron chi connectivity index (χ0n) is 10.7. The fourth-order valence-electron chi connectivity index (χ4n) is 2.36. The van der Waals surface area contributed by atoms with Crippen LogP contribution in [0.5, 0.6) is 0 Å². The zero-order valence-corrected chi connectivity index (χ0v) is 11.4. The first-order valence-corrected chi connectivity index (χ1v) is 6.82. The summed E-state index contributed by atoms with van der Waals surface area (Å²) >= 11 is 5.88. The van der Waals surface area contributed by atoms with Gasteiger partial charge in [-0.15, -0.1) is 0 Å². The van der Waals surface area contributed by atoms with Crippen LogP contribution in [0.2, 0.25) is 5.02 Å². The Labute approximate surface area is 113 Å². The maximum Gasteiger partial charge on any atom is 0.225 e. The minimum absolute atomic E-state index is 0.0525. The van der Waals surface area contributed by atoms with Gasteiger partial charge in [-0.05, 0) is 51.1 Å². The molecule has 3 nitrogen and oxygen atoms in total. The molecule has 1 atom stereocenters. The Bertz CT molecular complexity index is 416. The van der Waals surface area contributed by atoms with Crippen molar-refractivity contribution in [2.45, 2.75) is 32.2 Å². The Morgan fingerprint density at radius 3 is 2.83 bits per heavy atom. The smallest absolute Gasteiger partial charge is 0.225 e. The highest BCUT2D eigenvalue weighted by atomic mass is 35.5. The van der Waals surface area contributed by atoms with E-state index < -0.39 is 0 Å². The van der Waals surface area contributed by atoms with Crippen molar-refractivity contribution in [1.82, 2.24) is 4.90 Å². The number of hydrogen-bond donors (Lipinski definition) is 1. The summed E-state index contributed by atoms with van der Waals surface area (Å²) in [5.41, 5.74) is 0.765. The second kappa shape index (κ2) is 6.21. The molecule has 1 heterocycles. The molecule has 4 heteroatoms. The molecule has 1 aliphatic heterocycles. The zero-order chi connectivity index (χ0) is 13.0. The molecule has 1 aromatic carbocycles. The lowest BCUT2D eigenvalue weighted by atomic mass is 10.2. The molecule has 1 N–H and O–H groups in total. The number of amides is 1. The van der Waals surface area contributed by atoms with Gasteiger partial charge in [-0.1, -0.05) is 17.7 Å². The lowest BCUT2D eigenvalue weighted by molar-refractivity contribution is -0.117. The Morgan fingerprint density at radius 1 is 1.44 bits per heavy atom. The van der Waals surface area contributed by atoms with Crippen molar-refractivity contribution in [3.05, 3.63) is 29.3 Å². The Morgan fingerprint density at radius 2 is 2.17 bits per heavy atom. The van der Waals surface area contributed by atoms with Gasteiger partial charge >= 0.3 is 0 Å². The summed E-state index contributed by atoms with van der Waals surface area (Å²) in [5, 5.41) is 3.53. The molecule has 1 saturated heterocycles. The molecule has 1 fully saturated rings. The van der Waals surface area contributed by atoms with E-state index in [0.717, 1.165) is 18.8 Å². The number of rotatable bonds is 4. The number of likely N-dealkylation sites (tertiary alicyclic amines) is 1. The molecule has 0 spiro atoms. The van der Waals surface area contributed by atoms with Crippen LogP contribution >= 0.6 is 11.6 Å². The molecule has 98 valence electrons. The van der Waals surface area contributed by atoms with E-state index in [1.165, 1.54) is 12.8 Å². The van der Waals surface area contributed by atoms with E-state index in [1.807, 2.05) is 12.1 Å². The van der Waals surface area contributed by atoms with Crippen molar-refractivity contribution in [2.24, 2.45) is 0 Å². The highest BCUT2D eigenvalue weighted by Crippen LogP contribution is 2.17. The van der Waals surface area contributed by atoms with Gasteiger partial charge in [0.1, 0.15) is 0 Å². The van der Waals surface area contributed by atoms with Crippen LogP contribution < -0.4 is 5.32 Å². The standard InChI is InChI=1S/C14H19ClN2O/c1-11(17-7-2-3-8-17)9-14(18)16-13-6-4-5-12(15)10-13/h4-6,10-11H,2-3,7-9H2,1H3,(H,16,18)/t11-/m1/s1. The van der Waals surface area contributed by atoms with Crippen LogP contribution in [-0.2, 0) is 4.79 Å². The Hall–Kier alpha value is -1.06. The van der Waals surface area contributed by atoms with Gasteiger partial charge in [0, 0.05) is 23.2 Å². The number of carbonyl (C=O) groups excluding carboxylic acids is 1. The van der Waals surface area contributed by atoms with E-state index in [0.29, 0.717) is 17.5 Å². The lowest BCUT2D eigenvalue weighted by Crippen LogP contribution is -2.33. The quantitative estimate of drug-likeness (QED) is 0.908. The normalized spacial score (nSPS) is 17.7. The first-order chi connectivity index (χ1) is 8.65. The third-order valence-corrected chi connectivity index (χ3v) is 3.59. The SMILES string of the molecule is C[C@H](CC(=O)Nc1cccc(Cl)c1)N1CCCC1. The number of halogens is 1. The third kappa shape index (κ3) is 3.72. The summed E-state index contributed by atoms with van der Waals surface area (Å²) in [5.74, 6) is 0.0525. The van der Waals surface area contributed by atoms with Crippen LogP contribution in [0.4, 0.5) is 5.69 Å². The number of carbonyl (C=O) groups is 1. The summed E-state index contributed by atoms with van der Waals surface area (Å²) in [6.45, 7) is 4.35. The minimum Gasteiger partial charge on any atom is -0.326 e. The predicted molar refractivity (Wildman–Crippen MR) is 75.0 cm³/mol. The van der Waals surface area contributed by atoms with Gasteiger partial charge in [-0.3, -0.25) is 4.79 Å². The molecule has 2 rings (SSSR count). The summed E-state index contributed by atoms with van der Waals surface area (Å²) in [6, 6.07) is 7.56. The molecule has 1 aromatic rings. The molecular formula is C14H19ClN2O. The molecule has 0 saturated carbocycles. The van der Waals surface area contributed by atoms with Gasteiger partial charge in [0.15, 0.2) is 0 Å². The first kappa shape index (κ1) is 13.4. The predicted octanol–water partition coefficient (Wildman–Crippen LogP) is 3.15.